The first-order valence-electron chi connectivity index (χ1n) is 6.74. The summed E-state index contributed by atoms with van der Waals surface area (Å²) in [5.74, 6) is 1.95. The Morgan fingerprint density at radius 1 is 1.10 bits per heavy atom. The molecule has 0 amide bonds. The maximum absolute atomic E-state index is 5.47. The first-order valence-corrected chi connectivity index (χ1v) is 6.74. The number of ether oxygens (including phenoxy) is 1. The van der Waals surface area contributed by atoms with E-state index in [0.29, 0.717) is 0 Å². The van der Waals surface area contributed by atoms with Gasteiger partial charge in [0.25, 0.3) is 0 Å². The second-order valence-electron chi connectivity index (χ2n) is 5.05. The highest BCUT2D eigenvalue weighted by Gasteiger charge is 2.10. The van der Waals surface area contributed by atoms with Crippen LogP contribution in [0.3, 0.4) is 0 Å². The lowest BCUT2D eigenvalue weighted by atomic mass is 10.1. The maximum Gasteiger partial charge on any atom is 0.123 e. The minimum Gasteiger partial charge on any atom is -0.496 e. The Labute approximate surface area is 118 Å². The second-order valence-corrected chi connectivity index (χ2v) is 5.05. The first-order chi connectivity index (χ1) is 9.69. The summed E-state index contributed by atoms with van der Waals surface area (Å²) in [5.41, 5.74) is 4.62. The van der Waals surface area contributed by atoms with Crippen molar-refractivity contribution < 1.29 is 4.74 Å². The topological polar surface area (TPSA) is 27.1 Å². The zero-order chi connectivity index (χ0) is 14.1. The van der Waals surface area contributed by atoms with Gasteiger partial charge in [-0.15, -0.1) is 0 Å². The van der Waals surface area contributed by atoms with Crippen LogP contribution in [0.25, 0.3) is 11.0 Å². The van der Waals surface area contributed by atoms with Crippen molar-refractivity contribution in [2.75, 3.05) is 7.11 Å². The van der Waals surface area contributed by atoms with Gasteiger partial charge in [-0.2, -0.15) is 0 Å². The summed E-state index contributed by atoms with van der Waals surface area (Å²) in [4.78, 5) is 4.61. The van der Waals surface area contributed by atoms with Crippen molar-refractivity contribution in [2.45, 2.75) is 20.4 Å². The quantitative estimate of drug-likeness (QED) is 0.722. The van der Waals surface area contributed by atoms with Crippen molar-refractivity contribution in [3.8, 4) is 5.75 Å². The van der Waals surface area contributed by atoms with Crippen molar-refractivity contribution in [3.63, 3.8) is 0 Å². The molecule has 0 saturated carbocycles. The van der Waals surface area contributed by atoms with Crippen LogP contribution in [-0.2, 0) is 6.54 Å². The summed E-state index contributed by atoms with van der Waals surface area (Å²) in [7, 11) is 1.72. The van der Waals surface area contributed by atoms with E-state index in [0.717, 1.165) is 29.2 Å². The SMILES string of the molecule is COc1ccc(C)cc1Cn1c(C)nc2ccccc21. The summed E-state index contributed by atoms with van der Waals surface area (Å²) in [6.07, 6.45) is 0. The summed E-state index contributed by atoms with van der Waals surface area (Å²) in [5, 5.41) is 0. The molecular formula is C17H18N2O. The Morgan fingerprint density at radius 2 is 1.90 bits per heavy atom. The lowest BCUT2D eigenvalue weighted by Gasteiger charge is -2.12. The molecule has 3 rings (SSSR count). The molecule has 0 saturated heterocycles. The summed E-state index contributed by atoms with van der Waals surface area (Å²) in [6.45, 7) is 4.92. The van der Waals surface area contributed by atoms with Gasteiger partial charge in [-0.05, 0) is 32.0 Å². The first kappa shape index (κ1) is 12.7. The maximum atomic E-state index is 5.47. The number of aromatic nitrogens is 2. The van der Waals surface area contributed by atoms with Gasteiger partial charge in [0, 0.05) is 5.56 Å². The molecule has 1 aromatic heterocycles. The monoisotopic (exact) mass is 266 g/mol. The molecule has 3 heteroatoms. The number of imidazole rings is 1. The number of rotatable bonds is 3. The molecule has 3 aromatic rings. The fraction of sp³-hybridized carbons (Fsp3) is 0.235. The number of benzene rings is 2. The third-order valence-corrected chi connectivity index (χ3v) is 3.61. The Hall–Kier alpha value is -2.29. The molecule has 1 heterocycles. The smallest absolute Gasteiger partial charge is 0.123 e. The van der Waals surface area contributed by atoms with Crippen molar-refractivity contribution in [1.29, 1.82) is 0 Å². The number of hydrogen-bond acceptors (Lipinski definition) is 2. The van der Waals surface area contributed by atoms with Gasteiger partial charge >= 0.3 is 0 Å². The lowest BCUT2D eigenvalue weighted by Crippen LogP contribution is -2.04. The highest BCUT2D eigenvalue weighted by Crippen LogP contribution is 2.24. The highest BCUT2D eigenvalue weighted by molar-refractivity contribution is 5.76. The van der Waals surface area contributed by atoms with E-state index in [9.17, 15) is 0 Å². The molecule has 0 atom stereocenters. The Morgan fingerprint density at radius 3 is 2.70 bits per heavy atom. The predicted molar refractivity (Wildman–Crippen MR) is 81.3 cm³/mol. The number of fused-ring (bicyclic) bond motifs is 1. The van der Waals surface area contributed by atoms with Crippen LogP contribution in [-0.4, -0.2) is 16.7 Å². The zero-order valence-electron chi connectivity index (χ0n) is 12.1. The van der Waals surface area contributed by atoms with Gasteiger partial charge in [0.15, 0.2) is 0 Å². The number of para-hydroxylation sites is 2. The Balaban J connectivity index is 2.09. The van der Waals surface area contributed by atoms with E-state index >= 15 is 0 Å². The summed E-state index contributed by atoms with van der Waals surface area (Å²) in [6, 6.07) is 14.5. The van der Waals surface area contributed by atoms with Crippen LogP contribution in [0, 0.1) is 13.8 Å². The standard InChI is InChI=1S/C17H18N2O/c1-12-8-9-17(20-3)14(10-12)11-19-13(2)18-15-6-4-5-7-16(15)19/h4-10H,11H2,1-3H3. The van der Waals surface area contributed by atoms with E-state index < -0.39 is 0 Å². The van der Waals surface area contributed by atoms with Gasteiger partial charge in [-0.1, -0.05) is 29.8 Å². The minimum atomic E-state index is 0.775. The number of hydrogen-bond donors (Lipinski definition) is 0. The minimum absolute atomic E-state index is 0.775. The second kappa shape index (κ2) is 5.00. The molecular weight excluding hydrogens is 248 g/mol. The van der Waals surface area contributed by atoms with Crippen LogP contribution < -0.4 is 4.74 Å². The van der Waals surface area contributed by atoms with Crippen LogP contribution in [0.15, 0.2) is 42.5 Å². The van der Waals surface area contributed by atoms with Crippen molar-refractivity contribution in [3.05, 3.63) is 59.4 Å². The van der Waals surface area contributed by atoms with E-state index in [4.69, 9.17) is 4.74 Å². The average Bonchev–Trinajstić information content (AvgIpc) is 2.76. The molecule has 2 aromatic carbocycles. The fourth-order valence-corrected chi connectivity index (χ4v) is 2.60. The largest absolute Gasteiger partial charge is 0.496 e. The molecule has 20 heavy (non-hydrogen) atoms. The molecule has 0 fully saturated rings. The summed E-state index contributed by atoms with van der Waals surface area (Å²) < 4.78 is 7.70. The van der Waals surface area contributed by atoms with Gasteiger partial charge < -0.3 is 9.30 Å². The van der Waals surface area contributed by atoms with Crippen LogP contribution in [0.2, 0.25) is 0 Å². The number of aryl methyl sites for hydroxylation is 2. The normalized spacial score (nSPS) is 10.9. The molecule has 3 nitrogen and oxygen atoms in total. The Bertz CT molecular complexity index is 759. The average molecular weight is 266 g/mol. The zero-order valence-corrected chi connectivity index (χ0v) is 12.1. The third-order valence-electron chi connectivity index (χ3n) is 3.61. The van der Waals surface area contributed by atoms with Gasteiger partial charge in [-0.3, -0.25) is 0 Å². The van der Waals surface area contributed by atoms with Crippen LogP contribution in [0.4, 0.5) is 0 Å². The van der Waals surface area contributed by atoms with Crippen molar-refractivity contribution >= 4 is 11.0 Å². The highest BCUT2D eigenvalue weighted by atomic mass is 16.5. The van der Waals surface area contributed by atoms with Gasteiger partial charge in [0.2, 0.25) is 0 Å². The molecule has 0 aliphatic rings. The molecule has 0 bridgehead atoms. The number of methoxy groups -OCH3 is 1. The van der Waals surface area contributed by atoms with E-state index in [1.807, 2.05) is 31.2 Å². The Kier molecular flexibility index (Phi) is 3.18. The molecule has 0 spiro atoms. The third kappa shape index (κ3) is 2.16. The summed E-state index contributed by atoms with van der Waals surface area (Å²) >= 11 is 0. The molecule has 0 aliphatic heterocycles. The molecule has 0 aliphatic carbocycles. The molecule has 102 valence electrons. The van der Waals surface area contributed by atoms with E-state index in [1.54, 1.807) is 7.11 Å². The van der Waals surface area contributed by atoms with E-state index in [-0.39, 0.29) is 0 Å². The number of nitrogens with zero attached hydrogens (tertiary/aromatic N) is 2. The fourth-order valence-electron chi connectivity index (χ4n) is 2.60. The van der Waals surface area contributed by atoms with E-state index in [2.05, 4.69) is 34.7 Å². The van der Waals surface area contributed by atoms with Gasteiger partial charge in [-0.25, -0.2) is 4.98 Å². The molecule has 0 N–H and O–H groups in total. The molecule has 0 unspecified atom stereocenters. The molecule has 0 radical (unpaired) electrons. The van der Waals surface area contributed by atoms with E-state index in [1.165, 1.54) is 11.1 Å². The van der Waals surface area contributed by atoms with Crippen LogP contribution >= 0.6 is 0 Å². The van der Waals surface area contributed by atoms with Gasteiger partial charge in [0.1, 0.15) is 11.6 Å². The van der Waals surface area contributed by atoms with Crippen molar-refractivity contribution in [1.82, 2.24) is 9.55 Å². The van der Waals surface area contributed by atoms with Crippen molar-refractivity contribution in [2.24, 2.45) is 0 Å². The van der Waals surface area contributed by atoms with Gasteiger partial charge in [0.05, 0.1) is 24.7 Å². The predicted octanol–water partition coefficient (Wildman–Crippen LogP) is 3.71. The van der Waals surface area contributed by atoms with Crippen LogP contribution in [0.5, 0.6) is 5.75 Å². The lowest BCUT2D eigenvalue weighted by molar-refractivity contribution is 0.408. The van der Waals surface area contributed by atoms with Crippen LogP contribution in [0.1, 0.15) is 17.0 Å².